The molecule has 1 aromatic heterocycles. The molecule has 15 heteroatoms. The van der Waals surface area contributed by atoms with Gasteiger partial charge in [0.05, 0.1) is 39.0 Å². The standard InChI is InChI=1S/C32H29BrF3N5O5S/c1-44-24-10-4-21(5-11-24)18-40(19-22-6-12-25(45-2)13-7-22)47(42,43)30-27(32(34,35)36)16-17-28(33)29(30)31-37-38-39-41(31)20-23-8-14-26(46-3)15-9-23/h4-17H,18-20H2,1-3H3. The van der Waals surface area contributed by atoms with Gasteiger partial charge >= 0.3 is 6.18 Å². The molecule has 0 bridgehead atoms. The Kier molecular flexibility index (Phi) is 10.2. The normalized spacial score (nSPS) is 11.9. The minimum Gasteiger partial charge on any atom is -0.497 e. The van der Waals surface area contributed by atoms with Crippen molar-refractivity contribution in [2.24, 2.45) is 0 Å². The molecule has 0 saturated heterocycles. The maximum atomic E-state index is 14.7. The first-order valence-electron chi connectivity index (χ1n) is 14.0. The number of ether oxygens (including phenoxy) is 3. The second-order valence-electron chi connectivity index (χ2n) is 10.3. The summed E-state index contributed by atoms with van der Waals surface area (Å²) in [7, 11) is -0.421. The van der Waals surface area contributed by atoms with Gasteiger partial charge in [0.1, 0.15) is 22.1 Å². The van der Waals surface area contributed by atoms with Crippen LogP contribution in [0.2, 0.25) is 0 Å². The summed E-state index contributed by atoms with van der Waals surface area (Å²) in [6.45, 7) is -0.466. The van der Waals surface area contributed by atoms with E-state index >= 15 is 0 Å². The highest BCUT2D eigenvalue weighted by molar-refractivity contribution is 9.10. The summed E-state index contributed by atoms with van der Waals surface area (Å²) in [5.41, 5.74) is 0.0686. The van der Waals surface area contributed by atoms with Crippen molar-refractivity contribution < 1.29 is 35.8 Å². The van der Waals surface area contributed by atoms with Gasteiger partial charge in [-0.15, -0.1) is 5.10 Å². The van der Waals surface area contributed by atoms with Crippen molar-refractivity contribution in [2.45, 2.75) is 30.7 Å². The smallest absolute Gasteiger partial charge is 0.417 e. The van der Waals surface area contributed by atoms with E-state index in [0.717, 1.165) is 16.4 Å². The molecule has 1 heterocycles. The lowest BCUT2D eigenvalue weighted by Gasteiger charge is -2.26. The maximum Gasteiger partial charge on any atom is 0.417 e. The molecule has 0 saturated carbocycles. The first-order chi connectivity index (χ1) is 22.4. The SMILES string of the molecule is COc1ccc(CN(Cc2ccc(OC)cc2)S(=O)(=O)c2c(C(F)(F)F)ccc(Br)c2-c2nnnn2Cc2ccc(OC)cc2)cc1. The molecule has 0 amide bonds. The van der Waals surface area contributed by atoms with Crippen LogP contribution in [-0.4, -0.2) is 54.3 Å². The molecule has 4 aromatic carbocycles. The number of halogens is 4. The van der Waals surface area contributed by atoms with E-state index in [1.54, 1.807) is 72.8 Å². The predicted octanol–water partition coefficient (Wildman–Crippen LogP) is 6.59. The number of benzene rings is 4. The summed E-state index contributed by atoms with van der Waals surface area (Å²) < 4.78 is 91.6. The number of nitrogens with zero attached hydrogens (tertiary/aromatic N) is 5. The molecule has 0 aliphatic heterocycles. The van der Waals surface area contributed by atoms with E-state index in [1.807, 2.05) is 0 Å². The number of tetrazole rings is 1. The largest absolute Gasteiger partial charge is 0.497 e. The molecular formula is C32H29BrF3N5O5S. The van der Waals surface area contributed by atoms with Crippen molar-refractivity contribution in [1.29, 1.82) is 0 Å². The summed E-state index contributed by atoms with van der Waals surface area (Å²) in [4.78, 5) is -0.979. The molecule has 5 rings (SSSR count). The van der Waals surface area contributed by atoms with E-state index in [0.29, 0.717) is 33.9 Å². The van der Waals surface area contributed by atoms with Crippen molar-refractivity contribution in [1.82, 2.24) is 24.5 Å². The van der Waals surface area contributed by atoms with E-state index < -0.39 is 26.7 Å². The molecule has 0 radical (unpaired) electrons. The molecule has 0 fully saturated rings. The number of hydrogen-bond donors (Lipinski definition) is 0. The first-order valence-corrected chi connectivity index (χ1v) is 16.2. The fraction of sp³-hybridized carbons (Fsp3) is 0.219. The van der Waals surface area contributed by atoms with E-state index in [4.69, 9.17) is 14.2 Å². The van der Waals surface area contributed by atoms with Gasteiger partial charge < -0.3 is 14.2 Å². The number of hydrogen-bond acceptors (Lipinski definition) is 8. The number of alkyl halides is 3. The van der Waals surface area contributed by atoms with Crippen LogP contribution in [0.25, 0.3) is 11.4 Å². The molecule has 0 spiro atoms. The van der Waals surface area contributed by atoms with Crippen LogP contribution in [0, 0.1) is 0 Å². The van der Waals surface area contributed by atoms with Crippen LogP contribution >= 0.6 is 15.9 Å². The van der Waals surface area contributed by atoms with Crippen LogP contribution in [0.15, 0.2) is 94.3 Å². The lowest BCUT2D eigenvalue weighted by Crippen LogP contribution is -2.32. The topological polar surface area (TPSA) is 109 Å². The minimum atomic E-state index is -5.04. The van der Waals surface area contributed by atoms with Gasteiger partial charge in [-0.25, -0.2) is 13.1 Å². The molecule has 246 valence electrons. The zero-order chi connectivity index (χ0) is 33.8. The average molecular weight is 733 g/mol. The Bertz CT molecular complexity index is 1890. The van der Waals surface area contributed by atoms with Gasteiger partial charge in [-0.05, 0) is 91.6 Å². The number of aromatic nitrogens is 4. The van der Waals surface area contributed by atoms with Crippen molar-refractivity contribution in [2.75, 3.05) is 21.3 Å². The highest BCUT2D eigenvalue weighted by atomic mass is 79.9. The highest BCUT2D eigenvalue weighted by Gasteiger charge is 2.43. The molecule has 0 atom stereocenters. The van der Waals surface area contributed by atoms with Gasteiger partial charge in [-0.3, -0.25) is 0 Å². The Balaban J connectivity index is 1.68. The van der Waals surface area contributed by atoms with E-state index in [-0.39, 0.29) is 35.5 Å². The third-order valence-electron chi connectivity index (χ3n) is 7.29. The summed E-state index contributed by atoms with van der Waals surface area (Å²) in [6.07, 6.45) is -5.04. The van der Waals surface area contributed by atoms with Crippen LogP contribution in [0.1, 0.15) is 22.3 Å². The van der Waals surface area contributed by atoms with Gasteiger partial charge in [-0.2, -0.15) is 17.5 Å². The van der Waals surface area contributed by atoms with E-state index in [2.05, 4.69) is 31.5 Å². The quantitative estimate of drug-likeness (QED) is 0.142. The van der Waals surface area contributed by atoms with Gasteiger partial charge in [-0.1, -0.05) is 36.4 Å². The Labute approximate surface area is 277 Å². The number of methoxy groups -OCH3 is 3. The van der Waals surface area contributed by atoms with Crippen molar-refractivity contribution in [3.05, 3.63) is 112 Å². The fourth-order valence-corrected chi connectivity index (χ4v) is 7.33. The minimum absolute atomic E-state index is 0.0376. The van der Waals surface area contributed by atoms with E-state index in [1.165, 1.54) is 26.0 Å². The Hall–Kier alpha value is -4.47. The Morgan fingerprint density at radius 3 is 1.66 bits per heavy atom. The Morgan fingerprint density at radius 2 is 1.21 bits per heavy atom. The van der Waals surface area contributed by atoms with E-state index in [9.17, 15) is 21.6 Å². The molecular weight excluding hydrogens is 703 g/mol. The van der Waals surface area contributed by atoms with Crippen LogP contribution in [0.4, 0.5) is 13.2 Å². The predicted molar refractivity (Wildman–Crippen MR) is 170 cm³/mol. The lowest BCUT2D eigenvalue weighted by molar-refractivity contribution is -0.139. The maximum absolute atomic E-state index is 14.7. The summed E-state index contributed by atoms with van der Waals surface area (Å²) in [5, 5.41) is 11.7. The van der Waals surface area contributed by atoms with Crippen molar-refractivity contribution >= 4 is 26.0 Å². The average Bonchev–Trinajstić information content (AvgIpc) is 3.52. The summed E-state index contributed by atoms with van der Waals surface area (Å²) >= 11 is 3.31. The summed E-state index contributed by atoms with van der Waals surface area (Å²) in [6, 6.07) is 22.0. The molecule has 47 heavy (non-hydrogen) atoms. The molecule has 0 aliphatic rings. The van der Waals surface area contributed by atoms with Gasteiger partial charge in [0.25, 0.3) is 0 Å². The molecule has 0 unspecified atom stereocenters. The van der Waals surface area contributed by atoms with Crippen LogP contribution in [0.5, 0.6) is 17.2 Å². The van der Waals surface area contributed by atoms with Crippen LogP contribution < -0.4 is 14.2 Å². The second-order valence-corrected chi connectivity index (χ2v) is 13.0. The zero-order valence-corrected chi connectivity index (χ0v) is 27.8. The van der Waals surface area contributed by atoms with Gasteiger partial charge in [0.15, 0.2) is 5.82 Å². The van der Waals surface area contributed by atoms with Gasteiger partial charge in [0.2, 0.25) is 10.0 Å². The van der Waals surface area contributed by atoms with Crippen molar-refractivity contribution in [3.8, 4) is 28.6 Å². The summed E-state index contributed by atoms with van der Waals surface area (Å²) in [5.74, 6) is 1.51. The van der Waals surface area contributed by atoms with Crippen LogP contribution in [0.3, 0.4) is 0 Å². The molecule has 0 N–H and O–H groups in total. The number of sulfonamides is 1. The fourth-order valence-electron chi connectivity index (χ4n) is 4.88. The first kappa shape index (κ1) is 33.9. The lowest BCUT2D eigenvalue weighted by atomic mass is 10.1. The monoisotopic (exact) mass is 731 g/mol. The second kappa shape index (κ2) is 14.1. The molecule has 0 aliphatic carbocycles. The molecule has 5 aromatic rings. The number of rotatable bonds is 12. The zero-order valence-electron chi connectivity index (χ0n) is 25.4. The van der Waals surface area contributed by atoms with Gasteiger partial charge in [0, 0.05) is 17.6 Å². The highest BCUT2D eigenvalue weighted by Crippen LogP contribution is 2.44. The van der Waals surface area contributed by atoms with Crippen molar-refractivity contribution in [3.63, 3.8) is 0 Å². The van der Waals surface area contributed by atoms with Crippen LogP contribution in [-0.2, 0) is 35.8 Å². The third-order valence-corrected chi connectivity index (χ3v) is 9.83. The molecule has 10 nitrogen and oxygen atoms in total. The Morgan fingerprint density at radius 1 is 0.745 bits per heavy atom. The third kappa shape index (κ3) is 7.58.